The van der Waals surface area contributed by atoms with Crippen LogP contribution in [0.4, 0.5) is 10.1 Å². The Morgan fingerprint density at radius 2 is 2.00 bits per heavy atom. The number of anilines is 1. The van der Waals surface area contributed by atoms with Crippen molar-refractivity contribution < 1.29 is 13.9 Å². The molecule has 1 rings (SSSR count). The van der Waals surface area contributed by atoms with Crippen molar-refractivity contribution in [3.8, 4) is 0 Å². The van der Waals surface area contributed by atoms with E-state index >= 15 is 0 Å². The van der Waals surface area contributed by atoms with Gasteiger partial charge in [0.15, 0.2) is 0 Å². The van der Waals surface area contributed by atoms with Gasteiger partial charge in [0.25, 0.3) is 0 Å². The number of rotatable bonds is 7. The maximum atomic E-state index is 12.9. The Hall–Kier alpha value is -1.62. The molecular formula is C15H23FN2O2. The fraction of sp³-hybridized carbons (Fsp3) is 0.533. The molecule has 0 amide bonds. The second kappa shape index (κ2) is 7.24. The van der Waals surface area contributed by atoms with E-state index in [1.165, 1.54) is 19.2 Å². The second-order valence-electron chi connectivity index (χ2n) is 5.07. The van der Waals surface area contributed by atoms with Gasteiger partial charge in [-0.25, -0.2) is 4.39 Å². The average molecular weight is 282 g/mol. The van der Waals surface area contributed by atoms with Crippen molar-refractivity contribution in [2.24, 2.45) is 5.73 Å². The summed E-state index contributed by atoms with van der Waals surface area (Å²) in [7, 11) is 1.34. The largest absolute Gasteiger partial charge is 0.468 e. The van der Waals surface area contributed by atoms with Gasteiger partial charge < -0.3 is 15.4 Å². The Morgan fingerprint density at radius 1 is 1.40 bits per heavy atom. The first-order chi connectivity index (χ1) is 9.40. The van der Waals surface area contributed by atoms with Crippen LogP contribution in [0.2, 0.25) is 0 Å². The lowest BCUT2D eigenvalue weighted by atomic mass is 9.97. The number of benzene rings is 1. The molecule has 0 radical (unpaired) electrons. The molecule has 0 aliphatic heterocycles. The van der Waals surface area contributed by atoms with Crippen molar-refractivity contribution in [1.82, 2.24) is 0 Å². The minimum Gasteiger partial charge on any atom is -0.468 e. The van der Waals surface area contributed by atoms with E-state index in [0.29, 0.717) is 6.42 Å². The van der Waals surface area contributed by atoms with E-state index in [2.05, 4.69) is 9.64 Å². The van der Waals surface area contributed by atoms with Crippen molar-refractivity contribution >= 4 is 11.7 Å². The summed E-state index contributed by atoms with van der Waals surface area (Å²) in [5.74, 6) is -0.646. The molecule has 20 heavy (non-hydrogen) atoms. The third-order valence-electron chi connectivity index (χ3n) is 3.35. The quantitative estimate of drug-likeness (QED) is 0.780. The molecule has 1 atom stereocenters. The zero-order valence-corrected chi connectivity index (χ0v) is 12.4. The molecule has 0 spiro atoms. The minimum absolute atomic E-state index is 0.245. The number of carbonyl (C=O) groups excluding carboxylic acids is 1. The molecule has 2 N–H and O–H groups in total. The van der Waals surface area contributed by atoms with Crippen molar-refractivity contribution in [1.29, 1.82) is 0 Å². The van der Waals surface area contributed by atoms with Crippen molar-refractivity contribution in [3.63, 3.8) is 0 Å². The van der Waals surface area contributed by atoms with E-state index in [1.807, 2.05) is 6.92 Å². The Kier molecular flexibility index (Phi) is 5.95. The lowest BCUT2D eigenvalue weighted by molar-refractivity contribution is -0.146. The number of ether oxygens (including phenoxy) is 1. The number of nitrogens with two attached hydrogens (primary N) is 1. The highest BCUT2D eigenvalue weighted by molar-refractivity contribution is 5.79. The van der Waals surface area contributed by atoms with Gasteiger partial charge in [0, 0.05) is 18.8 Å². The van der Waals surface area contributed by atoms with E-state index in [0.717, 1.165) is 25.2 Å². The van der Waals surface area contributed by atoms with Gasteiger partial charge in [-0.2, -0.15) is 0 Å². The number of nitrogens with zero attached hydrogens (tertiary/aromatic N) is 1. The van der Waals surface area contributed by atoms with Gasteiger partial charge >= 0.3 is 5.97 Å². The molecule has 0 fully saturated rings. The molecule has 0 saturated heterocycles. The first-order valence-electron chi connectivity index (χ1n) is 6.78. The van der Waals surface area contributed by atoms with Gasteiger partial charge in [0.2, 0.25) is 0 Å². The van der Waals surface area contributed by atoms with E-state index in [-0.39, 0.29) is 5.82 Å². The normalized spacial score (nSPS) is 13.7. The first kappa shape index (κ1) is 16.4. The van der Waals surface area contributed by atoms with Crippen LogP contribution >= 0.6 is 0 Å². The number of methoxy groups -OCH3 is 1. The molecule has 5 heteroatoms. The molecule has 1 aromatic carbocycles. The zero-order valence-electron chi connectivity index (χ0n) is 12.4. The van der Waals surface area contributed by atoms with Gasteiger partial charge in [0.05, 0.1) is 7.11 Å². The van der Waals surface area contributed by atoms with E-state index in [4.69, 9.17) is 5.73 Å². The van der Waals surface area contributed by atoms with E-state index in [9.17, 15) is 9.18 Å². The highest BCUT2D eigenvalue weighted by atomic mass is 19.1. The molecule has 0 aromatic heterocycles. The predicted octanol–water partition coefficient (Wildman–Crippen LogP) is 2.32. The van der Waals surface area contributed by atoms with Crippen molar-refractivity contribution in [3.05, 3.63) is 30.1 Å². The molecular weight excluding hydrogens is 259 g/mol. The Labute approximate surface area is 119 Å². The lowest BCUT2D eigenvalue weighted by Gasteiger charge is -2.26. The summed E-state index contributed by atoms with van der Waals surface area (Å²) in [4.78, 5) is 13.6. The van der Waals surface area contributed by atoms with Crippen LogP contribution in [-0.2, 0) is 9.53 Å². The van der Waals surface area contributed by atoms with E-state index in [1.54, 1.807) is 19.1 Å². The summed E-state index contributed by atoms with van der Waals surface area (Å²) in [6.07, 6.45) is 1.30. The van der Waals surface area contributed by atoms with Gasteiger partial charge in [-0.05, 0) is 51.0 Å². The lowest BCUT2D eigenvalue weighted by Crippen LogP contribution is -2.46. The topological polar surface area (TPSA) is 55.6 Å². The summed E-state index contributed by atoms with van der Waals surface area (Å²) in [5, 5.41) is 0. The first-order valence-corrected chi connectivity index (χ1v) is 6.78. The third-order valence-corrected chi connectivity index (χ3v) is 3.35. The van der Waals surface area contributed by atoms with Crippen LogP contribution in [0.1, 0.15) is 26.7 Å². The van der Waals surface area contributed by atoms with Crippen molar-refractivity contribution in [2.75, 3.05) is 25.1 Å². The maximum absolute atomic E-state index is 12.9. The van der Waals surface area contributed by atoms with Crippen LogP contribution in [0.15, 0.2) is 24.3 Å². The maximum Gasteiger partial charge on any atom is 0.325 e. The van der Waals surface area contributed by atoms with Crippen molar-refractivity contribution in [2.45, 2.75) is 32.2 Å². The molecule has 0 bridgehead atoms. The third kappa shape index (κ3) is 4.49. The number of esters is 1. The smallest absolute Gasteiger partial charge is 0.325 e. The fourth-order valence-corrected chi connectivity index (χ4v) is 2.09. The highest BCUT2D eigenvalue weighted by Gasteiger charge is 2.28. The fourth-order valence-electron chi connectivity index (χ4n) is 2.09. The van der Waals surface area contributed by atoms with Gasteiger partial charge in [0.1, 0.15) is 11.4 Å². The number of carbonyl (C=O) groups is 1. The summed E-state index contributed by atoms with van der Waals surface area (Å²) in [5.41, 5.74) is 5.92. The van der Waals surface area contributed by atoms with Crippen LogP contribution in [0.25, 0.3) is 0 Å². The van der Waals surface area contributed by atoms with Gasteiger partial charge in [-0.15, -0.1) is 0 Å². The molecule has 0 heterocycles. The molecule has 4 nitrogen and oxygen atoms in total. The Bertz CT molecular complexity index is 432. The standard InChI is InChI=1S/C15H23FN2O2/c1-4-18(13-8-6-12(16)7-9-13)11-5-10-15(2,17)14(19)20-3/h6-9H,4-5,10-11,17H2,1-3H3. The highest BCUT2D eigenvalue weighted by Crippen LogP contribution is 2.17. The molecule has 0 aliphatic carbocycles. The predicted molar refractivity (Wildman–Crippen MR) is 78.1 cm³/mol. The summed E-state index contributed by atoms with van der Waals surface area (Å²) in [6, 6.07) is 6.39. The summed E-state index contributed by atoms with van der Waals surface area (Å²) in [6.45, 7) is 5.27. The second-order valence-corrected chi connectivity index (χ2v) is 5.07. The van der Waals surface area contributed by atoms with E-state index < -0.39 is 11.5 Å². The minimum atomic E-state index is -0.961. The molecule has 1 unspecified atom stereocenters. The van der Waals surface area contributed by atoms with Gasteiger partial charge in [-0.3, -0.25) is 4.79 Å². The zero-order chi connectivity index (χ0) is 15.2. The van der Waals surface area contributed by atoms with Crippen LogP contribution in [0, 0.1) is 5.82 Å². The Morgan fingerprint density at radius 3 is 2.50 bits per heavy atom. The Balaban J connectivity index is 2.54. The monoisotopic (exact) mass is 282 g/mol. The van der Waals surface area contributed by atoms with Gasteiger partial charge in [-0.1, -0.05) is 0 Å². The number of hydrogen-bond acceptors (Lipinski definition) is 4. The SMILES string of the molecule is CCN(CCCC(C)(N)C(=O)OC)c1ccc(F)cc1. The molecule has 0 aliphatic rings. The molecule has 0 saturated carbocycles. The van der Waals surface area contributed by atoms with Crippen LogP contribution in [0.3, 0.4) is 0 Å². The van der Waals surface area contributed by atoms with Crippen LogP contribution < -0.4 is 10.6 Å². The van der Waals surface area contributed by atoms with Crippen LogP contribution in [-0.4, -0.2) is 31.7 Å². The summed E-state index contributed by atoms with van der Waals surface area (Å²) >= 11 is 0. The average Bonchev–Trinajstić information content (AvgIpc) is 2.43. The number of halogens is 1. The summed E-state index contributed by atoms with van der Waals surface area (Å²) < 4.78 is 17.6. The molecule has 112 valence electrons. The molecule has 1 aromatic rings. The number of hydrogen-bond donors (Lipinski definition) is 1. The van der Waals surface area contributed by atoms with Crippen LogP contribution in [0.5, 0.6) is 0 Å².